The first-order valence-corrected chi connectivity index (χ1v) is 9.04. The molecule has 0 amide bonds. The molecule has 4 rings (SSSR count). The number of rotatable bonds is 4. The summed E-state index contributed by atoms with van der Waals surface area (Å²) in [6.45, 7) is 2.17. The second-order valence-corrected chi connectivity index (χ2v) is 6.76. The molecular weight excluding hydrogens is 332 g/mol. The zero-order valence-corrected chi connectivity index (χ0v) is 14.9. The van der Waals surface area contributed by atoms with Crippen molar-refractivity contribution >= 4 is 11.8 Å². The van der Waals surface area contributed by atoms with Gasteiger partial charge in [-0.05, 0) is 31.4 Å². The first-order chi connectivity index (χ1) is 12.7. The Morgan fingerprint density at radius 1 is 1.27 bits per heavy atom. The van der Waals surface area contributed by atoms with Gasteiger partial charge >= 0.3 is 0 Å². The molecule has 0 bridgehead atoms. The standard InChI is InChI=1S/C19H24N4O3/c1-25-16-4-2-3-13-11-14(12-26-18(13)16)21-19-20-8-5-17(22-19)23-9-6-15(24)7-10-23/h2-5,8,14-15,24H,6-7,9-12H2,1H3,(H,20,21,22). The van der Waals surface area contributed by atoms with Gasteiger partial charge in [-0.15, -0.1) is 0 Å². The Morgan fingerprint density at radius 2 is 2.12 bits per heavy atom. The van der Waals surface area contributed by atoms with Gasteiger partial charge in [0.05, 0.1) is 19.3 Å². The fourth-order valence-electron chi connectivity index (χ4n) is 3.52. The minimum atomic E-state index is -0.192. The molecule has 1 saturated heterocycles. The monoisotopic (exact) mass is 356 g/mol. The van der Waals surface area contributed by atoms with Crippen molar-refractivity contribution in [2.24, 2.45) is 0 Å². The Kier molecular flexibility index (Phi) is 4.79. The first-order valence-electron chi connectivity index (χ1n) is 9.04. The van der Waals surface area contributed by atoms with Crippen LogP contribution in [0.15, 0.2) is 30.5 Å². The van der Waals surface area contributed by atoms with Crippen LogP contribution in [0.2, 0.25) is 0 Å². The number of methoxy groups -OCH3 is 1. The third-order valence-electron chi connectivity index (χ3n) is 4.94. The molecule has 138 valence electrons. The maximum absolute atomic E-state index is 9.67. The average Bonchev–Trinajstić information content (AvgIpc) is 2.68. The van der Waals surface area contributed by atoms with Crippen LogP contribution in [0.4, 0.5) is 11.8 Å². The van der Waals surface area contributed by atoms with Crippen LogP contribution in [0.25, 0.3) is 0 Å². The van der Waals surface area contributed by atoms with Gasteiger partial charge in [0.2, 0.25) is 5.95 Å². The smallest absolute Gasteiger partial charge is 0.224 e. The molecule has 2 aliphatic rings. The zero-order chi connectivity index (χ0) is 17.9. The van der Waals surface area contributed by atoms with Gasteiger partial charge in [0, 0.05) is 24.8 Å². The van der Waals surface area contributed by atoms with Crippen molar-refractivity contribution in [1.82, 2.24) is 9.97 Å². The number of para-hydroxylation sites is 1. The van der Waals surface area contributed by atoms with E-state index in [0.717, 1.165) is 55.2 Å². The maximum atomic E-state index is 9.67. The lowest BCUT2D eigenvalue weighted by Crippen LogP contribution is -2.37. The van der Waals surface area contributed by atoms with E-state index >= 15 is 0 Å². The molecule has 0 saturated carbocycles. The van der Waals surface area contributed by atoms with Gasteiger partial charge in [0.15, 0.2) is 11.5 Å². The summed E-state index contributed by atoms with van der Waals surface area (Å²) >= 11 is 0. The van der Waals surface area contributed by atoms with Crippen LogP contribution in [0.3, 0.4) is 0 Å². The van der Waals surface area contributed by atoms with E-state index < -0.39 is 0 Å². The van der Waals surface area contributed by atoms with Crippen molar-refractivity contribution in [3.05, 3.63) is 36.0 Å². The number of fused-ring (bicyclic) bond motifs is 1. The number of anilines is 2. The molecule has 1 aromatic heterocycles. The number of ether oxygens (including phenoxy) is 2. The van der Waals surface area contributed by atoms with Crippen LogP contribution in [0.1, 0.15) is 18.4 Å². The first kappa shape index (κ1) is 16.9. The fourth-order valence-corrected chi connectivity index (χ4v) is 3.52. The van der Waals surface area contributed by atoms with E-state index in [0.29, 0.717) is 12.6 Å². The van der Waals surface area contributed by atoms with E-state index in [4.69, 9.17) is 9.47 Å². The third-order valence-corrected chi connectivity index (χ3v) is 4.94. The molecular formula is C19H24N4O3. The highest BCUT2D eigenvalue weighted by Crippen LogP contribution is 2.35. The zero-order valence-electron chi connectivity index (χ0n) is 14.9. The lowest BCUT2D eigenvalue weighted by Gasteiger charge is -2.31. The molecule has 7 heteroatoms. The largest absolute Gasteiger partial charge is 0.493 e. The predicted octanol–water partition coefficient (Wildman–Crippen LogP) is 1.86. The normalized spacial score (nSPS) is 20.2. The number of hydrogen-bond donors (Lipinski definition) is 2. The molecule has 3 heterocycles. The summed E-state index contributed by atoms with van der Waals surface area (Å²) in [5.41, 5.74) is 1.12. The summed E-state index contributed by atoms with van der Waals surface area (Å²) in [6, 6.07) is 7.97. The number of nitrogens with zero attached hydrogens (tertiary/aromatic N) is 3. The molecule has 2 N–H and O–H groups in total. The van der Waals surface area contributed by atoms with E-state index in [1.807, 2.05) is 18.2 Å². The topological polar surface area (TPSA) is 79.7 Å². The van der Waals surface area contributed by atoms with Crippen molar-refractivity contribution < 1.29 is 14.6 Å². The summed E-state index contributed by atoms with van der Waals surface area (Å²) in [5.74, 6) is 3.10. The molecule has 2 aliphatic heterocycles. The molecule has 7 nitrogen and oxygen atoms in total. The molecule has 1 fully saturated rings. The van der Waals surface area contributed by atoms with Crippen molar-refractivity contribution in [3.63, 3.8) is 0 Å². The number of aliphatic hydroxyl groups is 1. The van der Waals surface area contributed by atoms with Crippen LogP contribution in [-0.2, 0) is 6.42 Å². The van der Waals surface area contributed by atoms with Gasteiger partial charge in [-0.2, -0.15) is 4.98 Å². The van der Waals surface area contributed by atoms with Gasteiger partial charge in [-0.25, -0.2) is 4.98 Å². The number of aliphatic hydroxyl groups excluding tert-OH is 1. The molecule has 2 aromatic rings. The second-order valence-electron chi connectivity index (χ2n) is 6.76. The van der Waals surface area contributed by atoms with Gasteiger partial charge < -0.3 is 24.8 Å². The lowest BCUT2D eigenvalue weighted by molar-refractivity contribution is 0.145. The Hall–Kier alpha value is -2.54. The highest BCUT2D eigenvalue weighted by Gasteiger charge is 2.24. The molecule has 1 unspecified atom stereocenters. The van der Waals surface area contributed by atoms with Gasteiger partial charge in [-0.1, -0.05) is 12.1 Å². The van der Waals surface area contributed by atoms with Crippen LogP contribution < -0.4 is 19.7 Å². The number of benzene rings is 1. The van der Waals surface area contributed by atoms with E-state index in [9.17, 15) is 5.11 Å². The highest BCUT2D eigenvalue weighted by atomic mass is 16.5. The predicted molar refractivity (Wildman–Crippen MR) is 99.1 cm³/mol. The van der Waals surface area contributed by atoms with Crippen LogP contribution in [0.5, 0.6) is 11.5 Å². The van der Waals surface area contributed by atoms with Gasteiger partial charge in [0.25, 0.3) is 0 Å². The summed E-state index contributed by atoms with van der Waals surface area (Å²) < 4.78 is 11.3. The van der Waals surface area contributed by atoms with Crippen molar-refractivity contribution in [3.8, 4) is 11.5 Å². The SMILES string of the molecule is COc1cccc2c1OCC(Nc1nccc(N3CCC(O)CC3)n1)C2. The lowest BCUT2D eigenvalue weighted by atomic mass is 10.0. The quantitative estimate of drug-likeness (QED) is 0.865. The van der Waals surface area contributed by atoms with Crippen molar-refractivity contribution in [1.29, 1.82) is 0 Å². The Bertz CT molecular complexity index is 762. The Balaban J connectivity index is 1.44. The van der Waals surface area contributed by atoms with Gasteiger partial charge in [0.1, 0.15) is 12.4 Å². The van der Waals surface area contributed by atoms with E-state index in [-0.39, 0.29) is 12.1 Å². The minimum Gasteiger partial charge on any atom is -0.493 e. The van der Waals surface area contributed by atoms with E-state index in [1.54, 1.807) is 13.3 Å². The molecule has 0 aliphatic carbocycles. The molecule has 26 heavy (non-hydrogen) atoms. The molecule has 1 atom stereocenters. The number of nitrogens with one attached hydrogen (secondary N) is 1. The Labute approximate surface area is 153 Å². The number of aromatic nitrogens is 2. The molecule has 0 spiro atoms. The average molecular weight is 356 g/mol. The van der Waals surface area contributed by atoms with E-state index in [1.165, 1.54) is 0 Å². The molecule has 0 radical (unpaired) electrons. The summed E-state index contributed by atoms with van der Waals surface area (Å²) in [6.07, 6.45) is 3.97. The summed E-state index contributed by atoms with van der Waals surface area (Å²) in [7, 11) is 1.66. The third kappa shape index (κ3) is 3.53. The number of piperidine rings is 1. The van der Waals surface area contributed by atoms with Crippen LogP contribution >= 0.6 is 0 Å². The summed E-state index contributed by atoms with van der Waals surface area (Å²) in [5, 5.41) is 13.1. The molecule has 1 aromatic carbocycles. The van der Waals surface area contributed by atoms with Crippen molar-refractivity contribution in [2.45, 2.75) is 31.4 Å². The second kappa shape index (κ2) is 7.37. The highest BCUT2D eigenvalue weighted by molar-refractivity contribution is 5.49. The Morgan fingerprint density at radius 3 is 2.92 bits per heavy atom. The summed E-state index contributed by atoms with van der Waals surface area (Å²) in [4.78, 5) is 11.2. The van der Waals surface area contributed by atoms with Gasteiger partial charge in [-0.3, -0.25) is 0 Å². The maximum Gasteiger partial charge on any atom is 0.224 e. The van der Waals surface area contributed by atoms with Crippen molar-refractivity contribution in [2.75, 3.05) is 37.0 Å². The van der Waals surface area contributed by atoms with E-state index in [2.05, 4.69) is 26.3 Å². The van der Waals surface area contributed by atoms with Crippen LogP contribution in [0, 0.1) is 0 Å². The number of hydrogen-bond acceptors (Lipinski definition) is 7. The minimum absolute atomic E-state index is 0.105. The fraction of sp³-hybridized carbons (Fsp3) is 0.474. The van der Waals surface area contributed by atoms with Crippen LogP contribution in [-0.4, -0.2) is 54.0 Å².